The molecule has 0 spiro atoms. The van der Waals surface area contributed by atoms with E-state index in [1.54, 1.807) is 19.2 Å². The van der Waals surface area contributed by atoms with Gasteiger partial charge in [0.05, 0.1) is 25.3 Å². The number of ether oxygens (including phenoxy) is 3. The molecule has 1 atom stereocenters. The van der Waals surface area contributed by atoms with Gasteiger partial charge in [-0.1, -0.05) is 11.6 Å². The highest BCUT2D eigenvalue weighted by molar-refractivity contribution is 6.32. The first kappa shape index (κ1) is 14.1. The highest BCUT2D eigenvalue weighted by Gasteiger charge is 2.14. The Kier molecular flexibility index (Phi) is 5.55. The molecule has 0 heterocycles. The van der Waals surface area contributed by atoms with Crippen LogP contribution in [0.1, 0.15) is 12.5 Å². The quantitative estimate of drug-likeness (QED) is 0.852. The number of halogens is 1. The predicted octanol–water partition coefficient (Wildman–Crippen LogP) is 2.25. The van der Waals surface area contributed by atoms with Crippen LogP contribution in [0.25, 0.3) is 0 Å². The molecule has 0 amide bonds. The summed E-state index contributed by atoms with van der Waals surface area (Å²) < 4.78 is 15.8. The Morgan fingerprint density at radius 3 is 2.59 bits per heavy atom. The van der Waals surface area contributed by atoms with E-state index in [-0.39, 0.29) is 12.7 Å². The van der Waals surface area contributed by atoms with Gasteiger partial charge in [-0.05, 0) is 24.6 Å². The molecule has 0 radical (unpaired) electrons. The van der Waals surface area contributed by atoms with Crippen molar-refractivity contribution in [2.75, 3.05) is 20.8 Å². The number of rotatable bonds is 6. The van der Waals surface area contributed by atoms with Gasteiger partial charge in [-0.2, -0.15) is 0 Å². The molecule has 0 saturated carbocycles. The molecule has 0 aliphatic rings. The van der Waals surface area contributed by atoms with E-state index in [1.165, 1.54) is 7.11 Å². The summed E-state index contributed by atoms with van der Waals surface area (Å²) in [5.74, 6) is 0.973. The normalized spacial score (nSPS) is 12.3. The van der Waals surface area contributed by atoms with Gasteiger partial charge >= 0.3 is 0 Å². The third-order valence-electron chi connectivity index (χ3n) is 2.19. The Hall–Kier alpha value is -0.970. The fourth-order valence-corrected chi connectivity index (χ4v) is 1.73. The van der Waals surface area contributed by atoms with E-state index in [1.807, 2.05) is 6.92 Å². The van der Waals surface area contributed by atoms with E-state index in [4.69, 9.17) is 30.9 Å². The van der Waals surface area contributed by atoms with E-state index in [9.17, 15) is 0 Å². The summed E-state index contributed by atoms with van der Waals surface area (Å²) in [5, 5.41) is 9.48. The molecule has 0 fully saturated rings. The molecular formula is C12H17ClO4. The molecule has 96 valence electrons. The molecule has 5 heteroatoms. The average molecular weight is 261 g/mol. The Bertz CT molecular complexity index is 368. The second-order valence-corrected chi connectivity index (χ2v) is 4.06. The van der Waals surface area contributed by atoms with Crippen molar-refractivity contribution in [2.45, 2.75) is 19.6 Å². The molecule has 0 bridgehead atoms. The highest BCUT2D eigenvalue weighted by Crippen LogP contribution is 2.37. The lowest BCUT2D eigenvalue weighted by molar-refractivity contribution is 0.0900. The minimum atomic E-state index is -0.133. The second-order valence-electron chi connectivity index (χ2n) is 3.65. The number of benzene rings is 1. The lowest BCUT2D eigenvalue weighted by atomic mass is 10.2. The van der Waals surface area contributed by atoms with Crippen LogP contribution in [0, 0.1) is 0 Å². The summed E-state index contributed by atoms with van der Waals surface area (Å²) >= 11 is 6.08. The minimum absolute atomic E-state index is 0.0933. The summed E-state index contributed by atoms with van der Waals surface area (Å²) in [6.45, 7) is 2.24. The molecule has 17 heavy (non-hydrogen) atoms. The van der Waals surface area contributed by atoms with Crippen LogP contribution >= 0.6 is 11.6 Å². The topological polar surface area (TPSA) is 47.9 Å². The number of aliphatic hydroxyl groups excluding tert-OH is 1. The SMILES string of the molecule is COCC(C)Oc1c(Cl)cc(CO)cc1OC. The predicted molar refractivity (Wildman–Crippen MR) is 65.9 cm³/mol. The first-order valence-electron chi connectivity index (χ1n) is 5.25. The van der Waals surface area contributed by atoms with Crippen molar-refractivity contribution in [3.63, 3.8) is 0 Å². The zero-order chi connectivity index (χ0) is 12.8. The van der Waals surface area contributed by atoms with Crippen LogP contribution in [0.2, 0.25) is 5.02 Å². The van der Waals surface area contributed by atoms with Crippen molar-refractivity contribution in [1.82, 2.24) is 0 Å². The van der Waals surface area contributed by atoms with Crippen molar-refractivity contribution in [1.29, 1.82) is 0 Å². The zero-order valence-electron chi connectivity index (χ0n) is 10.2. The Labute approximate surface area is 106 Å². The van der Waals surface area contributed by atoms with Crippen LogP contribution in [0.5, 0.6) is 11.5 Å². The monoisotopic (exact) mass is 260 g/mol. The van der Waals surface area contributed by atoms with E-state index in [0.717, 1.165) is 0 Å². The van der Waals surface area contributed by atoms with Crippen molar-refractivity contribution in [2.24, 2.45) is 0 Å². The van der Waals surface area contributed by atoms with Crippen LogP contribution in [-0.4, -0.2) is 32.0 Å². The Morgan fingerprint density at radius 1 is 1.35 bits per heavy atom. The summed E-state index contributed by atoms with van der Waals surface area (Å²) in [6.07, 6.45) is -0.133. The van der Waals surface area contributed by atoms with Gasteiger partial charge in [0, 0.05) is 7.11 Å². The van der Waals surface area contributed by atoms with Crippen LogP contribution in [0.15, 0.2) is 12.1 Å². The molecular weight excluding hydrogens is 244 g/mol. The number of hydrogen-bond acceptors (Lipinski definition) is 4. The maximum Gasteiger partial charge on any atom is 0.180 e. The summed E-state index contributed by atoms with van der Waals surface area (Å²) in [6, 6.07) is 3.35. The Morgan fingerprint density at radius 2 is 2.06 bits per heavy atom. The zero-order valence-corrected chi connectivity index (χ0v) is 11.0. The summed E-state index contributed by atoms with van der Waals surface area (Å²) in [4.78, 5) is 0. The van der Waals surface area contributed by atoms with Crippen LogP contribution in [0.4, 0.5) is 0 Å². The van der Waals surface area contributed by atoms with Gasteiger partial charge in [0.2, 0.25) is 0 Å². The van der Waals surface area contributed by atoms with Crippen molar-refractivity contribution >= 4 is 11.6 Å². The van der Waals surface area contributed by atoms with E-state index in [2.05, 4.69) is 0 Å². The van der Waals surface area contributed by atoms with Gasteiger partial charge < -0.3 is 19.3 Å². The maximum absolute atomic E-state index is 9.06. The molecule has 0 aliphatic heterocycles. The smallest absolute Gasteiger partial charge is 0.180 e. The van der Waals surface area contributed by atoms with Crippen molar-refractivity contribution in [3.8, 4) is 11.5 Å². The lowest BCUT2D eigenvalue weighted by Gasteiger charge is -2.18. The van der Waals surface area contributed by atoms with Gasteiger partial charge in [-0.15, -0.1) is 0 Å². The van der Waals surface area contributed by atoms with Gasteiger partial charge in [-0.25, -0.2) is 0 Å². The van der Waals surface area contributed by atoms with E-state index in [0.29, 0.717) is 28.7 Å². The highest BCUT2D eigenvalue weighted by atomic mass is 35.5. The summed E-state index contributed by atoms with van der Waals surface area (Å²) in [5.41, 5.74) is 0.679. The molecule has 1 unspecified atom stereocenters. The van der Waals surface area contributed by atoms with Crippen molar-refractivity contribution in [3.05, 3.63) is 22.7 Å². The molecule has 1 N–H and O–H groups in total. The standard InChI is InChI=1S/C12H17ClO4/c1-8(7-15-2)17-12-10(13)4-9(6-14)5-11(12)16-3/h4-5,8,14H,6-7H2,1-3H3. The number of aliphatic hydroxyl groups is 1. The van der Waals surface area contributed by atoms with Crippen molar-refractivity contribution < 1.29 is 19.3 Å². The average Bonchev–Trinajstić information content (AvgIpc) is 2.31. The fourth-order valence-electron chi connectivity index (χ4n) is 1.45. The fraction of sp³-hybridized carbons (Fsp3) is 0.500. The maximum atomic E-state index is 9.06. The van der Waals surface area contributed by atoms with Gasteiger partial charge in [0.25, 0.3) is 0 Å². The minimum Gasteiger partial charge on any atom is -0.493 e. The third kappa shape index (κ3) is 3.77. The van der Waals surface area contributed by atoms with Crippen LogP contribution < -0.4 is 9.47 Å². The van der Waals surface area contributed by atoms with Gasteiger partial charge in [0.1, 0.15) is 6.10 Å². The first-order chi connectivity index (χ1) is 8.12. The first-order valence-corrected chi connectivity index (χ1v) is 5.63. The lowest BCUT2D eigenvalue weighted by Crippen LogP contribution is -2.18. The molecule has 4 nitrogen and oxygen atoms in total. The summed E-state index contributed by atoms with van der Waals surface area (Å²) in [7, 11) is 3.13. The number of hydrogen-bond donors (Lipinski definition) is 1. The second kappa shape index (κ2) is 6.69. The Balaban J connectivity index is 2.97. The molecule has 0 aliphatic carbocycles. The molecule has 0 aromatic heterocycles. The largest absolute Gasteiger partial charge is 0.493 e. The molecule has 1 rings (SSSR count). The number of methoxy groups -OCH3 is 2. The van der Waals surface area contributed by atoms with Crippen LogP contribution in [0.3, 0.4) is 0 Å². The molecule has 0 saturated heterocycles. The van der Waals surface area contributed by atoms with E-state index < -0.39 is 0 Å². The molecule has 1 aromatic carbocycles. The van der Waals surface area contributed by atoms with Gasteiger partial charge in [0.15, 0.2) is 11.5 Å². The van der Waals surface area contributed by atoms with Gasteiger partial charge in [-0.3, -0.25) is 0 Å². The third-order valence-corrected chi connectivity index (χ3v) is 2.47. The van der Waals surface area contributed by atoms with Crippen LogP contribution in [-0.2, 0) is 11.3 Å². The molecule has 1 aromatic rings. The van der Waals surface area contributed by atoms with E-state index >= 15 is 0 Å².